The Bertz CT molecular complexity index is 570. The Morgan fingerprint density at radius 2 is 2.04 bits per heavy atom. The monoisotopic (exact) mass is 336 g/mol. The van der Waals surface area contributed by atoms with Crippen LogP contribution in [-0.2, 0) is 9.53 Å². The Morgan fingerprint density at radius 3 is 2.67 bits per heavy atom. The van der Waals surface area contributed by atoms with Crippen molar-refractivity contribution in [3.63, 3.8) is 0 Å². The van der Waals surface area contributed by atoms with E-state index in [0.29, 0.717) is 32.1 Å². The van der Waals surface area contributed by atoms with Crippen molar-refractivity contribution >= 4 is 5.78 Å². The van der Waals surface area contributed by atoms with Crippen molar-refractivity contribution in [3.8, 4) is 0 Å². The summed E-state index contributed by atoms with van der Waals surface area (Å²) in [6.07, 6.45) is 3.93. The highest BCUT2D eigenvalue weighted by Crippen LogP contribution is 2.69. The summed E-state index contributed by atoms with van der Waals surface area (Å²) in [6.45, 7) is 12.2. The van der Waals surface area contributed by atoms with Crippen LogP contribution in [0.5, 0.6) is 0 Å². The molecule has 5 atom stereocenters. The van der Waals surface area contributed by atoms with E-state index in [2.05, 4.69) is 13.5 Å². The Kier molecular flexibility index (Phi) is 4.06. The van der Waals surface area contributed by atoms with Gasteiger partial charge in [-0.2, -0.15) is 0 Å². The molecule has 3 aliphatic rings. The van der Waals surface area contributed by atoms with Gasteiger partial charge >= 0.3 is 0 Å². The van der Waals surface area contributed by atoms with Crippen molar-refractivity contribution in [3.05, 3.63) is 12.2 Å². The zero-order valence-corrected chi connectivity index (χ0v) is 15.5. The second-order valence-electron chi connectivity index (χ2n) is 9.15. The van der Waals surface area contributed by atoms with E-state index < -0.39 is 28.3 Å². The third kappa shape index (κ3) is 2.19. The summed E-state index contributed by atoms with van der Waals surface area (Å²) < 4.78 is 6.36. The number of fused-ring (bicyclic) bond motifs is 1. The fraction of sp³-hybridized carbons (Fsp3) is 0.850. The first kappa shape index (κ1) is 18.1. The molecule has 24 heavy (non-hydrogen) atoms. The van der Waals surface area contributed by atoms with Crippen LogP contribution in [0.25, 0.3) is 0 Å². The van der Waals surface area contributed by atoms with E-state index in [9.17, 15) is 15.0 Å². The maximum atomic E-state index is 12.1. The average Bonchev–Trinajstić information content (AvgIpc) is 2.72. The zero-order chi connectivity index (χ0) is 18.0. The number of carbonyl (C=O) groups excluding carboxylic acids is 1. The molecule has 0 unspecified atom stereocenters. The molecule has 1 spiro atoms. The standard InChI is InChI=1S/C20H32O4/c1-13(2)15(21)8-9-17(4)12-19-14(3)6-7-16(22)18(19,5)10-11-20(17,23)24-19/h13,16,22-23H,3,6-12H2,1-2,4-5H3/t16-,17-,18-,19+,20-/m0/s1. The van der Waals surface area contributed by atoms with Crippen molar-refractivity contribution in [2.45, 2.75) is 90.1 Å². The first-order valence-corrected chi connectivity index (χ1v) is 9.31. The van der Waals surface area contributed by atoms with Crippen LogP contribution in [0.15, 0.2) is 12.2 Å². The van der Waals surface area contributed by atoms with Gasteiger partial charge < -0.3 is 14.9 Å². The lowest BCUT2D eigenvalue weighted by Gasteiger charge is -2.56. The van der Waals surface area contributed by atoms with Crippen LogP contribution in [0.1, 0.15) is 72.6 Å². The highest BCUT2D eigenvalue weighted by molar-refractivity contribution is 5.80. The number of rotatable bonds is 4. The molecule has 1 saturated carbocycles. The minimum atomic E-state index is -1.23. The first-order valence-electron chi connectivity index (χ1n) is 9.31. The van der Waals surface area contributed by atoms with Crippen LogP contribution in [-0.4, -0.2) is 33.5 Å². The molecule has 2 aliphatic heterocycles. The van der Waals surface area contributed by atoms with E-state index in [-0.39, 0.29) is 11.7 Å². The molecule has 2 N–H and O–H groups in total. The molecular weight excluding hydrogens is 304 g/mol. The molecule has 0 aromatic carbocycles. The molecule has 1 aliphatic carbocycles. The maximum Gasteiger partial charge on any atom is 0.172 e. The van der Waals surface area contributed by atoms with Gasteiger partial charge in [-0.15, -0.1) is 0 Å². The summed E-state index contributed by atoms with van der Waals surface area (Å²) in [6, 6.07) is 0. The summed E-state index contributed by atoms with van der Waals surface area (Å²) in [5, 5.41) is 22.0. The van der Waals surface area contributed by atoms with Crippen molar-refractivity contribution in [2.75, 3.05) is 0 Å². The van der Waals surface area contributed by atoms with Gasteiger partial charge in [-0.1, -0.05) is 34.3 Å². The number of aliphatic hydroxyl groups is 2. The summed E-state index contributed by atoms with van der Waals surface area (Å²) in [4.78, 5) is 12.1. The average molecular weight is 336 g/mol. The van der Waals surface area contributed by atoms with Gasteiger partial charge in [-0.05, 0) is 37.7 Å². The Morgan fingerprint density at radius 1 is 1.38 bits per heavy atom. The molecule has 0 radical (unpaired) electrons. The normalized spacial score (nSPS) is 47.8. The van der Waals surface area contributed by atoms with Gasteiger partial charge in [0.1, 0.15) is 11.4 Å². The lowest BCUT2D eigenvalue weighted by Crippen LogP contribution is -2.61. The molecule has 0 aromatic heterocycles. The predicted octanol–water partition coefficient (Wildman–Crippen LogP) is 3.36. The Labute approximate surface area is 145 Å². The molecule has 0 amide bonds. The van der Waals surface area contributed by atoms with E-state index in [1.165, 1.54) is 0 Å². The number of Topliss-reactive ketones (excluding diaryl/α,β-unsaturated/α-hetero) is 1. The van der Waals surface area contributed by atoms with Crippen molar-refractivity contribution < 1.29 is 19.7 Å². The molecular formula is C20H32O4. The lowest BCUT2D eigenvalue weighted by atomic mass is 9.57. The van der Waals surface area contributed by atoms with Crippen LogP contribution in [0.2, 0.25) is 0 Å². The largest absolute Gasteiger partial charge is 0.392 e. The van der Waals surface area contributed by atoms with E-state index in [4.69, 9.17) is 4.74 Å². The summed E-state index contributed by atoms with van der Waals surface area (Å²) in [5.41, 5.74) is -0.580. The minimum Gasteiger partial charge on any atom is -0.392 e. The topological polar surface area (TPSA) is 66.8 Å². The highest BCUT2D eigenvalue weighted by Gasteiger charge is 2.73. The van der Waals surface area contributed by atoms with E-state index in [0.717, 1.165) is 18.4 Å². The van der Waals surface area contributed by atoms with Crippen LogP contribution in [0, 0.1) is 16.7 Å². The lowest BCUT2D eigenvalue weighted by molar-refractivity contribution is -0.314. The van der Waals surface area contributed by atoms with Gasteiger partial charge in [0.05, 0.1) is 6.10 Å². The Hall–Kier alpha value is -0.710. The minimum absolute atomic E-state index is 0.0137. The SMILES string of the molecule is C=C1CC[C@H](O)[C@]2(C)CC[C@]3(O)O[C@]12C[C@]3(C)CCC(=O)C(C)C. The molecule has 4 nitrogen and oxygen atoms in total. The number of ether oxygens (including phenoxy) is 1. The van der Waals surface area contributed by atoms with Crippen LogP contribution in [0.3, 0.4) is 0 Å². The van der Waals surface area contributed by atoms with Gasteiger partial charge in [-0.3, -0.25) is 4.79 Å². The molecule has 2 bridgehead atoms. The first-order chi connectivity index (χ1) is 11.0. The van der Waals surface area contributed by atoms with Crippen molar-refractivity contribution in [1.29, 1.82) is 0 Å². The van der Waals surface area contributed by atoms with E-state index in [1.807, 2.05) is 20.8 Å². The third-order valence-electron chi connectivity index (χ3n) is 7.42. The van der Waals surface area contributed by atoms with Crippen LogP contribution < -0.4 is 0 Å². The quantitative estimate of drug-likeness (QED) is 0.773. The summed E-state index contributed by atoms with van der Waals surface area (Å²) in [5.74, 6) is -0.993. The highest BCUT2D eigenvalue weighted by atomic mass is 16.7. The molecule has 4 heteroatoms. The van der Waals surface area contributed by atoms with Crippen LogP contribution >= 0.6 is 0 Å². The van der Waals surface area contributed by atoms with Crippen molar-refractivity contribution in [1.82, 2.24) is 0 Å². The number of hydrogen-bond acceptors (Lipinski definition) is 4. The maximum absolute atomic E-state index is 12.1. The fourth-order valence-electron chi connectivity index (χ4n) is 5.28. The Balaban J connectivity index is 1.93. The number of aliphatic hydroxyl groups excluding tert-OH is 1. The van der Waals surface area contributed by atoms with Crippen molar-refractivity contribution in [2.24, 2.45) is 16.7 Å². The summed E-state index contributed by atoms with van der Waals surface area (Å²) >= 11 is 0. The molecule has 3 fully saturated rings. The number of carbonyl (C=O) groups is 1. The molecule has 2 saturated heterocycles. The molecule has 136 valence electrons. The van der Waals surface area contributed by atoms with E-state index in [1.54, 1.807) is 0 Å². The van der Waals surface area contributed by atoms with Gasteiger partial charge in [0.2, 0.25) is 0 Å². The number of hydrogen-bond donors (Lipinski definition) is 2. The van der Waals surface area contributed by atoms with Crippen LogP contribution in [0.4, 0.5) is 0 Å². The fourth-order valence-corrected chi connectivity index (χ4v) is 5.28. The van der Waals surface area contributed by atoms with Gasteiger partial charge in [0, 0.05) is 29.6 Å². The second kappa shape index (κ2) is 5.39. The third-order valence-corrected chi connectivity index (χ3v) is 7.42. The smallest absolute Gasteiger partial charge is 0.172 e. The van der Waals surface area contributed by atoms with E-state index >= 15 is 0 Å². The molecule has 0 aromatic rings. The predicted molar refractivity (Wildman–Crippen MR) is 92.3 cm³/mol. The molecule has 3 rings (SSSR count). The van der Waals surface area contributed by atoms with Gasteiger partial charge in [0.25, 0.3) is 0 Å². The van der Waals surface area contributed by atoms with Gasteiger partial charge in [-0.25, -0.2) is 0 Å². The van der Waals surface area contributed by atoms with Gasteiger partial charge in [0.15, 0.2) is 5.79 Å². The second-order valence-corrected chi connectivity index (χ2v) is 9.15. The number of ketones is 1. The molecule has 2 heterocycles. The summed E-state index contributed by atoms with van der Waals surface area (Å²) in [7, 11) is 0. The zero-order valence-electron chi connectivity index (χ0n) is 15.5.